The lowest BCUT2D eigenvalue weighted by atomic mass is 9.87. The van der Waals surface area contributed by atoms with Gasteiger partial charge in [0.15, 0.2) is 11.5 Å². The Bertz CT molecular complexity index is 813. The Labute approximate surface area is 144 Å². The molecule has 2 aromatic rings. The molecule has 1 saturated carbocycles. The molecular weight excluding hydrogens is 333 g/mol. The van der Waals surface area contributed by atoms with E-state index in [1.807, 2.05) is 0 Å². The fraction of sp³-hybridized carbons (Fsp3) is 0.389. The third-order valence-corrected chi connectivity index (χ3v) is 4.90. The van der Waals surface area contributed by atoms with E-state index in [1.165, 1.54) is 6.07 Å². The normalized spacial score (nSPS) is 15.6. The maximum absolute atomic E-state index is 14.6. The zero-order chi connectivity index (χ0) is 17.3. The standard InChI is InChI=1S/C18H19ClFNO3/c19-13-8-10(9-21)6-7-12(13)14-16(22)15(20)17(24-18(14)23)11-4-2-1-3-5-11/h6-8,11,22H,1-5,9,21H2. The molecule has 0 amide bonds. The van der Waals surface area contributed by atoms with E-state index >= 15 is 0 Å². The van der Waals surface area contributed by atoms with E-state index in [0.717, 1.165) is 37.7 Å². The summed E-state index contributed by atoms with van der Waals surface area (Å²) in [5, 5.41) is 10.5. The third kappa shape index (κ3) is 3.06. The second-order valence-corrected chi connectivity index (χ2v) is 6.55. The van der Waals surface area contributed by atoms with Crippen LogP contribution in [0.3, 0.4) is 0 Å². The second kappa shape index (κ2) is 6.95. The summed E-state index contributed by atoms with van der Waals surface area (Å²) in [6.45, 7) is 0.287. The molecule has 1 heterocycles. The van der Waals surface area contributed by atoms with Gasteiger partial charge in [0.2, 0.25) is 5.82 Å². The van der Waals surface area contributed by atoms with Gasteiger partial charge in [0.25, 0.3) is 0 Å². The average Bonchev–Trinajstić information content (AvgIpc) is 2.60. The number of hydrogen-bond acceptors (Lipinski definition) is 4. The van der Waals surface area contributed by atoms with Crippen molar-refractivity contribution in [1.82, 2.24) is 0 Å². The van der Waals surface area contributed by atoms with E-state index in [4.69, 9.17) is 21.8 Å². The molecule has 0 atom stereocenters. The number of halogens is 2. The van der Waals surface area contributed by atoms with Crippen molar-refractivity contribution < 1.29 is 13.9 Å². The van der Waals surface area contributed by atoms with Gasteiger partial charge in [0, 0.05) is 23.0 Å². The Hall–Kier alpha value is -1.85. The number of nitrogens with two attached hydrogens (primary N) is 1. The molecule has 0 radical (unpaired) electrons. The Balaban J connectivity index is 2.10. The minimum absolute atomic E-state index is 0.0457. The highest BCUT2D eigenvalue weighted by Crippen LogP contribution is 2.39. The molecule has 1 aromatic carbocycles. The van der Waals surface area contributed by atoms with Gasteiger partial charge in [-0.2, -0.15) is 4.39 Å². The molecule has 1 aromatic heterocycles. The summed E-state index contributed by atoms with van der Waals surface area (Å²) in [7, 11) is 0. The highest BCUT2D eigenvalue weighted by atomic mass is 35.5. The maximum Gasteiger partial charge on any atom is 0.347 e. The first-order chi connectivity index (χ1) is 11.5. The molecule has 0 saturated heterocycles. The number of hydrogen-bond donors (Lipinski definition) is 2. The van der Waals surface area contributed by atoms with Crippen molar-refractivity contribution in [3.8, 4) is 16.9 Å². The van der Waals surface area contributed by atoms with Crippen molar-refractivity contribution in [2.45, 2.75) is 44.6 Å². The maximum atomic E-state index is 14.6. The zero-order valence-corrected chi connectivity index (χ0v) is 13.9. The molecule has 0 bridgehead atoms. The monoisotopic (exact) mass is 351 g/mol. The van der Waals surface area contributed by atoms with E-state index in [0.29, 0.717) is 0 Å². The van der Waals surface area contributed by atoms with Crippen molar-refractivity contribution in [1.29, 1.82) is 0 Å². The summed E-state index contributed by atoms with van der Waals surface area (Å²) in [6.07, 6.45) is 4.52. The Kier molecular flexibility index (Phi) is 4.92. The van der Waals surface area contributed by atoms with Gasteiger partial charge in [-0.1, -0.05) is 43.0 Å². The smallest absolute Gasteiger partial charge is 0.347 e. The van der Waals surface area contributed by atoms with Crippen LogP contribution in [0.25, 0.3) is 11.1 Å². The predicted molar refractivity (Wildman–Crippen MR) is 90.8 cm³/mol. The summed E-state index contributed by atoms with van der Waals surface area (Å²) >= 11 is 6.16. The second-order valence-electron chi connectivity index (χ2n) is 6.14. The summed E-state index contributed by atoms with van der Waals surface area (Å²) in [5.74, 6) is -1.78. The van der Waals surface area contributed by atoms with Gasteiger partial charge in [0.05, 0.1) is 0 Å². The summed E-state index contributed by atoms with van der Waals surface area (Å²) in [5.41, 5.74) is 5.52. The van der Waals surface area contributed by atoms with Crippen LogP contribution in [0.4, 0.5) is 4.39 Å². The van der Waals surface area contributed by atoms with Gasteiger partial charge < -0.3 is 15.3 Å². The predicted octanol–water partition coefficient (Wildman–Crippen LogP) is 4.31. The van der Waals surface area contributed by atoms with Crippen LogP contribution in [-0.4, -0.2) is 5.11 Å². The number of benzene rings is 1. The summed E-state index contributed by atoms with van der Waals surface area (Å²) < 4.78 is 19.9. The quantitative estimate of drug-likeness (QED) is 0.863. The van der Waals surface area contributed by atoms with E-state index in [9.17, 15) is 14.3 Å². The van der Waals surface area contributed by atoms with Gasteiger partial charge >= 0.3 is 5.63 Å². The molecule has 6 heteroatoms. The molecular formula is C18H19ClFNO3. The minimum atomic E-state index is -0.865. The van der Waals surface area contributed by atoms with Gasteiger partial charge in [-0.3, -0.25) is 0 Å². The van der Waals surface area contributed by atoms with Crippen LogP contribution in [0.15, 0.2) is 27.4 Å². The van der Waals surface area contributed by atoms with Crippen LogP contribution in [0.2, 0.25) is 5.02 Å². The Morgan fingerprint density at radius 3 is 2.62 bits per heavy atom. The fourth-order valence-electron chi connectivity index (χ4n) is 3.27. The first kappa shape index (κ1) is 17.0. The van der Waals surface area contributed by atoms with Crippen molar-refractivity contribution in [3.05, 3.63) is 50.8 Å². The number of rotatable bonds is 3. The van der Waals surface area contributed by atoms with Gasteiger partial charge in [-0.15, -0.1) is 0 Å². The Morgan fingerprint density at radius 1 is 1.29 bits per heavy atom. The van der Waals surface area contributed by atoms with Crippen LogP contribution >= 0.6 is 11.6 Å². The SMILES string of the molecule is NCc1ccc(-c2c(O)c(F)c(C3CCCCC3)oc2=O)c(Cl)c1. The third-order valence-electron chi connectivity index (χ3n) is 4.58. The summed E-state index contributed by atoms with van der Waals surface area (Å²) in [6, 6.07) is 4.80. The van der Waals surface area contributed by atoms with Gasteiger partial charge in [-0.25, -0.2) is 4.79 Å². The minimum Gasteiger partial charge on any atom is -0.504 e. The van der Waals surface area contributed by atoms with Crippen molar-refractivity contribution in [2.75, 3.05) is 0 Å². The lowest BCUT2D eigenvalue weighted by molar-refractivity contribution is 0.314. The van der Waals surface area contributed by atoms with Crippen LogP contribution in [0.5, 0.6) is 5.75 Å². The molecule has 1 fully saturated rings. The first-order valence-corrected chi connectivity index (χ1v) is 8.45. The van der Waals surface area contributed by atoms with Crippen molar-refractivity contribution >= 4 is 11.6 Å². The molecule has 3 N–H and O–H groups in total. The molecule has 4 nitrogen and oxygen atoms in total. The largest absolute Gasteiger partial charge is 0.504 e. The molecule has 1 aliphatic carbocycles. The van der Waals surface area contributed by atoms with Gasteiger partial charge in [-0.05, 0) is 24.5 Å². The summed E-state index contributed by atoms with van der Waals surface area (Å²) in [4.78, 5) is 12.4. The van der Waals surface area contributed by atoms with E-state index in [-0.39, 0.29) is 34.4 Å². The van der Waals surface area contributed by atoms with E-state index in [1.54, 1.807) is 12.1 Å². The molecule has 128 valence electrons. The zero-order valence-electron chi connectivity index (χ0n) is 13.1. The lowest BCUT2D eigenvalue weighted by Crippen LogP contribution is -2.13. The fourth-order valence-corrected chi connectivity index (χ4v) is 3.57. The van der Waals surface area contributed by atoms with Crippen LogP contribution in [0, 0.1) is 5.82 Å². The van der Waals surface area contributed by atoms with Crippen LogP contribution < -0.4 is 11.4 Å². The molecule has 0 aliphatic heterocycles. The van der Waals surface area contributed by atoms with Crippen LogP contribution in [0.1, 0.15) is 49.3 Å². The highest BCUT2D eigenvalue weighted by Gasteiger charge is 2.28. The van der Waals surface area contributed by atoms with Crippen molar-refractivity contribution in [2.24, 2.45) is 5.73 Å². The topological polar surface area (TPSA) is 76.5 Å². The van der Waals surface area contributed by atoms with E-state index < -0.39 is 17.2 Å². The highest BCUT2D eigenvalue weighted by molar-refractivity contribution is 6.33. The Morgan fingerprint density at radius 2 is 2.00 bits per heavy atom. The molecule has 1 aliphatic rings. The molecule has 24 heavy (non-hydrogen) atoms. The molecule has 3 rings (SSSR count). The number of aromatic hydroxyl groups is 1. The first-order valence-electron chi connectivity index (χ1n) is 8.07. The van der Waals surface area contributed by atoms with Crippen molar-refractivity contribution in [3.63, 3.8) is 0 Å². The molecule has 0 spiro atoms. The van der Waals surface area contributed by atoms with Crippen LogP contribution in [-0.2, 0) is 6.54 Å². The molecule has 0 unspecified atom stereocenters. The average molecular weight is 352 g/mol. The lowest BCUT2D eigenvalue weighted by Gasteiger charge is -2.21. The van der Waals surface area contributed by atoms with E-state index in [2.05, 4.69) is 0 Å². The van der Waals surface area contributed by atoms with Gasteiger partial charge in [0.1, 0.15) is 5.56 Å².